The Labute approximate surface area is 79.9 Å². The third kappa shape index (κ3) is 1.87. The van der Waals surface area contributed by atoms with Crippen molar-refractivity contribution in [1.29, 1.82) is 0 Å². The number of aliphatic hydroxyl groups excluding tert-OH is 1. The van der Waals surface area contributed by atoms with E-state index in [1.807, 2.05) is 0 Å². The van der Waals surface area contributed by atoms with Crippen LogP contribution in [0.15, 0.2) is 0 Å². The maximum atomic E-state index is 9.14. The summed E-state index contributed by atoms with van der Waals surface area (Å²) in [4.78, 5) is 2.46. The largest absolute Gasteiger partial charge is 0.394 e. The van der Waals surface area contributed by atoms with E-state index in [0.717, 1.165) is 25.3 Å². The highest BCUT2D eigenvalue weighted by Gasteiger charge is 2.40. The predicted octanol–water partition coefficient (Wildman–Crippen LogP) is 0.323. The Balaban J connectivity index is 1.89. The van der Waals surface area contributed by atoms with Gasteiger partial charge in [-0.15, -0.1) is 0 Å². The lowest BCUT2D eigenvalue weighted by atomic mass is 10.0. The SMILES string of the molecule is CN(C1CC1)C1CCC(N)(CO)C1. The van der Waals surface area contributed by atoms with Crippen molar-refractivity contribution in [3.63, 3.8) is 0 Å². The van der Waals surface area contributed by atoms with E-state index in [2.05, 4.69) is 11.9 Å². The Morgan fingerprint density at radius 1 is 1.38 bits per heavy atom. The molecule has 0 bridgehead atoms. The Morgan fingerprint density at radius 2 is 2.08 bits per heavy atom. The number of hydrogen-bond donors (Lipinski definition) is 2. The lowest BCUT2D eigenvalue weighted by Crippen LogP contribution is -2.43. The molecular weight excluding hydrogens is 164 g/mol. The average Bonchev–Trinajstić information content (AvgIpc) is 2.89. The van der Waals surface area contributed by atoms with Gasteiger partial charge in [0.1, 0.15) is 0 Å². The summed E-state index contributed by atoms with van der Waals surface area (Å²) < 4.78 is 0. The van der Waals surface area contributed by atoms with Crippen molar-refractivity contribution in [3.8, 4) is 0 Å². The normalized spacial score (nSPS) is 40.2. The molecule has 0 amide bonds. The van der Waals surface area contributed by atoms with E-state index in [0.29, 0.717) is 6.04 Å². The smallest absolute Gasteiger partial charge is 0.0611 e. The van der Waals surface area contributed by atoms with E-state index < -0.39 is 0 Å². The van der Waals surface area contributed by atoms with Crippen LogP contribution in [0.4, 0.5) is 0 Å². The maximum absolute atomic E-state index is 9.14. The fourth-order valence-electron chi connectivity index (χ4n) is 2.40. The summed E-state index contributed by atoms with van der Waals surface area (Å²) in [7, 11) is 2.20. The summed E-state index contributed by atoms with van der Waals surface area (Å²) in [6.45, 7) is 0.141. The topological polar surface area (TPSA) is 49.5 Å². The van der Waals surface area contributed by atoms with Crippen molar-refractivity contribution in [2.24, 2.45) is 5.73 Å². The Kier molecular flexibility index (Phi) is 2.34. The number of nitrogens with zero attached hydrogens (tertiary/aromatic N) is 1. The molecule has 2 rings (SSSR count). The summed E-state index contributed by atoms with van der Waals surface area (Å²) in [5, 5.41) is 9.14. The molecule has 2 aliphatic rings. The van der Waals surface area contributed by atoms with Gasteiger partial charge in [-0.25, -0.2) is 0 Å². The van der Waals surface area contributed by atoms with Gasteiger partial charge in [-0.2, -0.15) is 0 Å². The predicted molar refractivity (Wildman–Crippen MR) is 52.4 cm³/mol. The first-order valence-electron chi connectivity index (χ1n) is 5.26. The standard InChI is InChI=1S/C10H20N2O/c1-12(8-2-3-8)9-4-5-10(11,6-9)7-13/h8-9,13H,2-7,11H2,1H3. The summed E-state index contributed by atoms with van der Waals surface area (Å²) in [5.41, 5.74) is 5.75. The molecule has 0 aromatic rings. The molecule has 2 fully saturated rings. The molecule has 2 aliphatic carbocycles. The van der Waals surface area contributed by atoms with Crippen LogP contribution in [0.2, 0.25) is 0 Å². The molecule has 2 saturated carbocycles. The van der Waals surface area contributed by atoms with Crippen LogP contribution in [0.25, 0.3) is 0 Å². The minimum Gasteiger partial charge on any atom is -0.394 e. The van der Waals surface area contributed by atoms with Crippen LogP contribution >= 0.6 is 0 Å². The van der Waals surface area contributed by atoms with Gasteiger partial charge in [0.25, 0.3) is 0 Å². The highest BCUT2D eigenvalue weighted by Crippen LogP contribution is 2.36. The highest BCUT2D eigenvalue weighted by molar-refractivity contribution is 4.99. The molecule has 3 nitrogen and oxygen atoms in total. The number of nitrogens with two attached hydrogens (primary N) is 1. The van der Waals surface area contributed by atoms with Gasteiger partial charge in [0.05, 0.1) is 6.61 Å². The Hall–Kier alpha value is -0.120. The summed E-state index contributed by atoms with van der Waals surface area (Å²) in [5.74, 6) is 0. The van der Waals surface area contributed by atoms with E-state index in [1.165, 1.54) is 12.8 Å². The van der Waals surface area contributed by atoms with Crippen LogP contribution in [-0.4, -0.2) is 41.3 Å². The van der Waals surface area contributed by atoms with Crippen LogP contribution in [0.5, 0.6) is 0 Å². The molecule has 0 aromatic carbocycles. The molecule has 0 spiro atoms. The first-order valence-corrected chi connectivity index (χ1v) is 5.26. The van der Waals surface area contributed by atoms with Crippen molar-refractivity contribution in [2.75, 3.05) is 13.7 Å². The van der Waals surface area contributed by atoms with Crippen LogP contribution in [0.1, 0.15) is 32.1 Å². The molecule has 3 heteroatoms. The highest BCUT2D eigenvalue weighted by atomic mass is 16.3. The van der Waals surface area contributed by atoms with Crippen LogP contribution in [-0.2, 0) is 0 Å². The van der Waals surface area contributed by atoms with Gasteiger partial charge in [-0.05, 0) is 39.2 Å². The van der Waals surface area contributed by atoms with Crippen molar-refractivity contribution >= 4 is 0 Å². The second kappa shape index (κ2) is 3.23. The molecule has 0 aromatic heterocycles. The van der Waals surface area contributed by atoms with E-state index in [1.54, 1.807) is 0 Å². The number of aliphatic hydroxyl groups is 1. The summed E-state index contributed by atoms with van der Waals surface area (Å²) in [6, 6.07) is 1.43. The fourth-order valence-corrected chi connectivity index (χ4v) is 2.40. The lowest BCUT2D eigenvalue weighted by Gasteiger charge is -2.26. The first-order chi connectivity index (χ1) is 6.14. The molecule has 2 atom stereocenters. The van der Waals surface area contributed by atoms with Gasteiger partial charge in [0, 0.05) is 17.6 Å². The van der Waals surface area contributed by atoms with E-state index in [4.69, 9.17) is 10.8 Å². The second-order valence-electron chi connectivity index (χ2n) is 4.81. The molecule has 0 saturated heterocycles. The Bertz CT molecular complexity index is 193. The molecule has 0 radical (unpaired) electrons. The van der Waals surface area contributed by atoms with Crippen molar-refractivity contribution in [2.45, 2.75) is 49.7 Å². The summed E-state index contributed by atoms with van der Waals surface area (Å²) in [6.07, 6.45) is 5.80. The molecular formula is C10H20N2O. The zero-order valence-corrected chi connectivity index (χ0v) is 8.37. The molecule has 76 valence electrons. The van der Waals surface area contributed by atoms with Gasteiger partial charge in [-0.3, -0.25) is 0 Å². The third-order valence-corrected chi connectivity index (χ3v) is 3.63. The molecule has 13 heavy (non-hydrogen) atoms. The quantitative estimate of drug-likeness (QED) is 0.664. The van der Waals surface area contributed by atoms with E-state index >= 15 is 0 Å². The first kappa shape index (κ1) is 9.44. The van der Waals surface area contributed by atoms with E-state index in [-0.39, 0.29) is 12.1 Å². The minimum atomic E-state index is -0.284. The van der Waals surface area contributed by atoms with Crippen LogP contribution in [0, 0.1) is 0 Å². The average molecular weight is 184 g/mol. The van der Waals surface area contributed by atoms with Gasteiger partial charge >= 0.3 is 0 Å². The maximum Gasteiger partial charge on any atom is 0.0611 e. The van der Waals surface area contributed by atoms with Crippen molar-refractivity contribution in [1.82, 2.24) is 4.90 Å². The van der Waals surface area contributed by atoms with Gasteiger partial charge in [0.15, 0.2) is 0 Å². The number of hydrogen-bond acceptors (Lipinski definition) is 3. The van der Waals surface area contributed by atoms with Crippen LogP contribution in [0.3, 0.4) is 0 Å². The van der Waals surface area contributed by atoms with Crippen molar-refractivity contribution in [3.05, 3.63) is 0 Å². The monoisotopic (exact) mass is 184 g/mol. The zero-order chi connectivity index (χ0) is 9.47. The van der Waals surface area contributed by atoms with Gasteiger partial charge in [-0.1, -0.05) is 0 Å². The molecule has 2 unspecified atom stereocenters. The lowest BCUT2D eigenvalue weighted by molar-refractivity contribution is 0.178. The summed E-state index contributed by atoms with van der Waals surface area (Å²) >= 11 is 0. The zero-order valence-electron chi connectivity index (χ0n) is 8.37. The molecule has 3 N–H and O–H groups in total. The number of rotatable bonds is 3. The van der Waals surface area contributed by atoms with Crippen molar-refractivity contribution < 1.29 is 5.11 Å². The third-order valence-electron chi connectivity index (χ3n) is 3.63. The van der Waals surface area contributed by atoms with Gasteiger partial charge < -0.3 is 15.7 Å². The van der Waals surface area contributed by atoms with Gasteiger partial charge in [0.2, 0.25) is 0 Å². The Morgan fingerprint density at radius 3 is 2.54 bits per heavy atom. The minimum absolute atomic E-state index is 0.141. The van der Waals surface area contributed by atoms with Crippen LogP contribution < -0.4 is 5.73 Å². The van der Waals surface area contributed by atoms with E-state index in [9.17, 15) is 0 Å². The second-order valence-corrected chi connectivity index (χ2v) is 4.81. The molecule has 0 heterocycles. The molecule has 0 aliphatic heterocycles. The fraction of sp³-hybridized carbons (Fsp3) is 1.00.